The van der Waals surface area contributed by atoms with Gasteiger partial charge in [0.05, 0.1) is 17.4 Å². The fourth-order valence-electron chi connectivity index (χ4n) is 2.79. The zero-order chi connectivity index (χ0) is 15.7. The van der Waals surface area contributed by atoms with E-state index in [1.165, 1.54) is 11.8 Å². The van der Waals surface area contributed by atoms with Gasteiger partial charge in [0.15, 0.2) is 9.84 Å². The van der Waals surface area contributed by atoms with Crippen LogP contribution in [0.1, 0.15) is 44.4 Å². The van der Waals surface area contributed by atoms with Gasteiger partial charge in [0.1, 0.15) is 5.75 Å². The van der Waals surface area contributed by atoms with Crippen LogP contribution in [0.5, 0.6) is 5.75 Å². The van der Waals surface area contributed by atoms with Gasteiger partial charge in [-0.05, 0) is 38.8 Å². The first-order valence-electron chi connectivity index (χ1n) is 7.46. The highest BCUT2D eigenvalue weighted by molar-refractivity contribution is 7.92. The van der Waals surface area contributed by atoms with Crippen LogP contribution in [0, 0.1) is 0 Å². The molecular weight excluding hydrogens is 286 g/mol. The van der Waals surface area contributed by atoms with E-state index in [9.17, 15) is 8.42 Å². The molecule has 1 aromatic rings. The summed E-state index contributed by atoms with van der Waals surface area (Å²) in [6.45, 7) is 6.94. The number of rotatable bonds is 5. The summed E-state index contributed by atoms with van der Waals surface area (Å²) >= 11 is 0. The van der Waals surface area contributed by atoms with Gasteiger partial charge in [0, 0.05) is 11.8 Å². The van der Waals surface area contributed by atoms with Gasteiger partial charge in [-0.2, -0.15) is 0 Å². The molecule has 1 atom stereocenters. The van der Waals surface area contributed by atoms with Crippen molar-refractivity contribution in [1.29, 1.82) is 0 Å². The number of sulfone groups is 1. The Morgan fingerprint density at radius 1 is 1.38 bits per heavy atom. The lowest BCUT2D eigenvalue weighted by atomic mass is 9.91. The number of benzene rings is 1. The molecule has 1 aromatic carbocycles. The first kappa shape index (κ1) is 16.3. The van der Waals surface area contributed by atoms with Crippen LogP contribution >= 0.6 is 0 Å². The molecule has 0 aromatic heterocycles. The third-order valence-electron chi connectivity index (χ3n) is 4.33. The highest BCUT2D eigenvalue weighted by Crippen LogP contribution is 2.39. The van der Waals surface area contributed by atoms with Crippen LogP contribution in [0.3, 0.4) is 0 Å². The molecule has 21 heavy (non-hydrogen) atoms. The summed E-state index contributed by atoms with van der Waals surface area (Å²) < 4.78 is 29.4. The van der Waals surface area contributed by atoms with Crippen molar-refractivity contribution in [2.24, 2.45) is 0 Å². The van der Waals surface area contributed by atoms with E-state index in [-0.39, 0.29) is 6.04 Å². The smallest absolute Gasteiger partial charge is 0.154 e. The minimum absolute atomic E-state index is 0.287. The Hall–Kier alpha value is -1.07. The van der Waals surface area contributed by atoms with Crippen LogP contribution in [-0.2, 0) is 16.3 Å². The third-order valence-corrected chi connectivity index (χ3v) is 6.48. The third kappa shape index (κ3) is 3.09. The van der Waals surface area contributed by atoms with Crippen molar-refractivity contribution in [1.82, 2.24) is 5.32 Å². The molecular formula is C16H25NO3S. The molecule has 1 N–H and O–H groups in total. The Bertz CT molecular complexity index is 608. The van der Waals surface area contributed by atoms with E-state index in [2.05, 4.69) is 11.4 Å². The Kier molecular flexibility index (Phi) is 4.63. The average Bonchev–Trinajstić information content (AvgIpc) is 2.43. The molecule has 0 amide bonds. The topological polar surface area (TPSA) is 55.4 Å². The molecule has 0 saturated heterocycles. The van der Waals surface area contributed by atoms with Gasteiger partial charge in [0.25, 0.3) is 0 Å². The van der Waals surface area contributed by atoms with Crippen molar-refractivity contribution in [2.75, 3.05) is 19.4 Å². The molecule has 4 nitrogen and oxygen atoms in total. The van der Waals surface area contributed by atoms with Crippen molar-refractivity contribution in [3.8, 4) is 5.75 Å². The second-order valence-corrected chi connectivity index (χ2v) is 8.75. The summed E-state index contributed by atoms with van der Waals surface area (Å²) in [7, 11) is -3.22. The van der Waals surface area contributed by atoms with E-state index in [1.807, 2.05) is 19.1 Å². The number of nitrogens with one attached hydrogen (secondary N) is 1. The van der Waals surface area contributed by atoms with E-state index >= 15 is 0 Å². The molecule has 0 bridgehead atoms. The van der Waals surface area contributed by atoms with E-state index in [4.69, 9.17) is 4.74 Å². The van der Waals surface area contributed by atoms with Crippen LogP contribution in [-0.4, -0.2) is 32.6 Å². The summed E-state index contributed by atoms with van der Waals surface area (Å²) in [6.07, 6.45) is 3.30. The number of fused-ring (bicyclic) bond motifs is 1. The Labute approximate surface area is 127 Å². The van der Waals surface area contributed by atoms with Crippen LogP contribution in [0.15, 0.2) is 18.2 Å². The predicted octanol–water partition coefficient (Wildman–Crippen LogP) is 2.49. The van der Waals surface area contributed by atoms with Crippen LogP contribution < -0.4 is 10.1 Å². The SMILES string of the molecule is CCNC(c1cccc2c1OCCC2)C(C)(C)S(C)(=O)=O. The van der Waals surface area contributed by atoms with Crippen LogP contribution in [0.4, 0.5) is 0 Å². The number of ether oxygens (including phenoxy) is 1. The summed E-state index contributed by atoms with van der Waals surface area (Å²) in [5.74, 6) is 0.867. The maximum Gasteiger partial charge on any atom is 0.154 e. The largest absolute Gasteiger partial charge is 0.493 e. The first-order chi connectivity index (χ1) is 9.79. The molecule has 0 fully saturated rings. The standard InChI is InChI=1S/C16H25NO3S/c1-5-17-15(16(2,3)21(4,18)19)13-10-6-8-12-9-7-11-20-14(12)13/h6,8,10,15,17H,5,7,9,11H2,1-4H3. The summed E-state index contributed by atoms with van der Waals surface area (Å²) in [5.41, 5.74) is 2.12. The van der Waals surface area contributed by atoms with Crippen LogP contribution in [0.2, 0.25) is 0 Å². The normalized spacial score (nSPS) is 17.0. The minimum Gasteiger partial charge on any atom is -0.493 e. The molecule has 118 valence electrons. The van der Waals surface area contributed by atoms with Gasteiger partial charge >= 0.3 is 0 Å². The lowest BCUT2D eigenvalue weighted by molar-refractivity contribution is 0.278. The zero-order valence-electron chi connectivity index (χ0n) is 13.3. The summed E-state index contributed by atoms with van der Waals surface area (Å²) in [5, 5.41) is 3.34. The quantitative estimate of drug-likeness (QED) is 0.907. The van der Waals surface area contributed by atoms with Crippen molar-refractivity contribution in [2.45, 2.75) is 44.4 Å². The number of hydrogen-bond donors (Lipinski definition) is 1. The van der Waals surface area contributed by atoms with Gasteiger partial charge in [-0.3, -0.25) is 0 Å². The van der Waals surface area contributed by atoms with Gasteiger partial charge in [-0.25, -0.2) is 8.42 Å². The fraction of sp³-hybridized carbons (Fsp3) is 0.625. The zero-order valence-corrected chi connectivity index (χ0v) is 14.1. The van der Waals surface area contributed by atoms with Crippen molar-refractivity contribution in [3.63, 3.8) is 0 Å². The second kappa shape index (κ2) is 5.97. The molecule has 0 radical (unpaired) electrons. The lowest BCUT2D eigenvalue weighted by Gasteiger charge is -2.35. The maximum absolute atomic E-state index is 12.2. The first-order valence-corrected chi connectivity index (χ1v) is 9.35. The molecule has 1 aliphatic rings. The lowest BCUT2D eigenvalue weighted by Crippen LogP contribution is -2.45. The number of hydrogen-bond acceptors (Lipinski definition) is 4. The average molecular weight is 311 g/mol. The van der Waals surface area contributed by atoms with Gasteiger partial charge in [-0.1, -0.05) is 25.1 Å². The van der Waals surface area contributed by atoms with Crippen molar-refractivity contribution in [3.05, 3.63) is 29.3 Å². The summed E-state index contributed by atoms with van der Waals surface area (Å²) in [4.78, 5) is 0. The number of para-hydroxylation sites is 1. The predicted molar refractivity (Wildman–Crippen MR) is 85.6 cm³/mol. The Morgan fingerprint density at radius 2 is 2.10 bits per heavy atom. The monoisotopic (exact) mass is 311 g/mol. The molecule has 0 aliphatic carbocycles. The van der Waals surface area contributed by atoms with Crippen LogP contribution in [0.25, 0.3) is 0 Å². The second-order valence-electron chi connectivity index (χ2n) is 6.15. The molecule has 0 saturated carbocycles. The molecule has 5 heteroatoms. The van der Waals surface area contributed by atoms with E-state index in [0.29, 0.717) is 13.2 Å². The van der Waals surface area contributed by atoms with E-state index < -0.39 is 14.6 Å². The molecule has 1 unspecified atom stereocenters. The molecule has 0 spiro atoms. The summed E-state index contributed by atoms with van der Waals surface area (Å²) in [6, 6.07) is 5.75. The van der Waals surface area contributed by atoms with E-state index in [1.54, 1.807) is 13.8 Å². The van der Waals surface area contributed by atoms with Gasteiger partial charge in [-0.15, -0.1) is 0 Å². The molecule has 2 rings (SSSR count). The molecule has 1 aliphatic heterocycles. The highest BCUT2D eigenvalue weighted by Gasteiger charge is 2.41. The minimum atomic E-state index is -3.22. The fourth-order valence-corrected chi connectivity index (χ4v) is 3.43. The Morgan fingerprint density at radius 3 is 2.71 bits per heavy atom. The maximum atomic E-state index is 12.2. The van der Waals surface area contributed by atoms with Crippen molar-refractivity contribution >= 4 is 9.84 Å². The van der Waals surface area contributed by atoms with Gasteiger partial charge < -0.3 is 10.1 Å². The van der Waals surface area contributed by atoms with Crippen molar-refractivity contribution < 1.29 is 13.2 Å². The number of aryl methyl sites for hydroxylation is 1. The Balaban J connectivity index is 2.54. The van der Waals surface area contributed by atoms with E-state index in [0.717, 1.165) is 24.2 Å². The van der Waals surface area contributed by atoms with Gasteiger partial charge in [0.2, 0.25) is 0 Å². The highest BCUT2D eigenvalue weighted by atomic mass is 32.2. The molecule has 1 heterocycles.